The Labute approximate surface area is 135 Å². The normalized spacial score (nSPS) is 10.4. The van der Waals surface area contributed by atoms with Crippen molar-refractivity contribution in [1.82, 2.24) is 10.9 Å². The van der Waals surface area contributed by atoms with Crippen molar-refractivity contribution < 1.29 is 18.9 Å². The molecule has 2 N–H and O–H groups in total. The van der Waals surface area contributed by atoms with Crippen LogP contribution >= 0.6 is 0 Å². The lowest BCUT2D eigenvalue weighted by Crippen LogP contribution is -2.40. The quantitative estimate of drug-likeness (QED) is 0.510. The second-order valence-corrected chi connectivity index (χ2v) is 4.60. The van der Waals surface area contributed by atoms with E-state index in [1.165, 1.54) is 48.5 Å². The van der Waals surface area contributed by atoms with Gasteiger partial charge in [0.15, 0.2) is 0 Å². The average Bonchev–Trinajstić information content (AvgIpc) is 2.59. The molecular formula is C16H12FN3O4. The van der Waals surface area contributed by atoms with E-state index in [4.69, 9.17) is 0 Å². The van der Waals surface area contributed by atoms with Crippen LogP contribution in [0.1, 0.15) is 15.9 Å². The Morgan fingerprint density at radius 3 is 2.33 bits per heavy atom. The molecule has 0 heterocycles. The highest BCUT2D eigenvalue weighted by Gasteiger charge is 2.09. The number of hydrogen-bond acceptors (Lipinski definition) is 4. The zero-order valence-electron chi connectivity index (χ0n) is 12.2. The number of amides is 2. The van der Waals surface area contributed by atoms with E-state index in [2.05, 4.69) is 10.9 Å². The highest BCUT2D eigenvalue weighted by atomic mass is 19.1. The van der Waals surface area contributed by atoms with Gasteiger partial charge >= 0.3 is 0 Å². The van der Waals surface area contributed by atoms with Crippen molar-refractivity contribution in [1.29, 1.82) is 0 Å². The molecule has 0 saturated carbocycles. The van der Waals surface area contributed by atoms with E-state index >= 15 is 0 Å². The zero-order valence-corrected chi connectivity index (χ0v) is 12.2. The number of nitrogens with zero attached hydrogens (tertiary/aromatic N) is 1. The van der Waals surface area contributed by atoms with Gasteiger partial charge in [-0.15, -0.1) is 0 Å². The molecule has 8 heteroatoms. The van der Waals surface area contributed by atoms with E-state index in [1.807, 2.05) is 0 Å². The molecule has 0 atom stereocenters. The number of hydrazine groups is 1. The molecule has 0 radical (unpaired) electrons. The van der Waals surface area contributed by atoms with Crippen LogP contribution in [0.2, 0.25) is 0 Å². The predicted octanol–water partition coefficient (Wildman–Crippen LogP) is 2.21. The SMILES string of the molecule is O=C(/C=C/c1ccccc1F)NNC(=O)c1ccc([N+](=O)[O-])cc1. The fourth-order valence-electron chi connectivity index (χ4n) is 1.74. The number of halogens is 1. The number of nitrogens with one attached hydrogen (secondary N) is 2. The molecule has 2 aromatic carbocycles. The summed E-state index contributed by atoms with van der Waals surface area (Å²) in [5, 5.41) is 10.5. The topological polar surface area (TPSA) is 101 Å². The lowest BCUT2D eigenvalue weighted by atomic mass is 10.2. The number of nitro groups is 1. The number of nitro benzene ring substituents is 1. The van der Waals surface area contributed by atoms with Crippen LogP contribution in [0.5, 0.6) is 0 Å². The van der Waals surface area contributed by atoms with Gasteiger partial charge in [0.05, 0.1) is 4.92 Å². The number of non-ortho nitro benzene ring substituents is 1. The molecule has 0 saturated heterocycles. The molecule has 0 spiro atoms. The van der Waals surface area contributed by atoms with E-state index in [-0.39, 0.29) is 16.8 Å². The van der Waals surface area contributed by atoms with Gasteiger partial charge in [-0.25, -0.2) is 4.39 Å². The summed E-state index contributed by atoms with van der Waals surface area (Å²) in [5.74, 6) is -1.78. The third-order valence-electron chi connectivity index (χ3n) is 2.96. The van der Waals surface area contributed by atoms with Crippen molar-refractivity contribution in [2.24, 2.45) is 0 Å². The lowest BCUT2D eigenvalue weighted by molar-refractivity contribution is -0.384. The van der Waals surface area contributed by atoms with E-state index in [9.17, 15) is 24.1 Å². The first kappa shape index (κ1) is 16.8. The Balaban J connectivity index is 1.90. The minimum Gasteiger partial charge on any atom is -0.268 e. The van der Waals surface area contributed by atoms with Gasteiger partial charge in [-0.2, -0.15) is 0 Å². The van der Waals surface area contributed by atoms with Gasteiger partial charge in [0.2, 0.25) is 0 Å². The van der Waals surface area contributed by atoms with E-state index in [0.29, 0.717) is 0 Å². The Kier molecular flexibility index (Phi) is 5.35. The highest BCUT2D eigenvalue weighted by Crippen LogP contribution is 2.11. The summed E-state index contributed by atoms with van der Waals surface area (Å²) in [6.07, 6.45) is 2.33. The average molecular weight is 329 g/mol. The summed E-state index contributed by atoms with van der Waals surface area (Å²) in [6, 6.07) is 10.8. The van der Waals surface area contributed by atoms with E-state index in [1.54, 1.807) is 6.07 Å². The molecule has 2 amide bonds. The maximum Gasteiger partial charge on any atom is 0.269 e. The summed E-state index contributed by atoms with van der Waals surface area (Å²) < 4.78 is 13.4. The van der Waals surface area contributed by atoms with E-state index < -0.39 is 22.6 Å². The Morgan fingerprint density at radius 2 is 1.71 bits per heavy atom. The summed E-state index contributed by atoms with van der Waals surface area (Å²) in [4.78, 5) is 33.3. The maximum absolute atomic E-state index is 13.4. The summed E-state index contributed by atoms with van der Waals surface area (Å²) in [6.45, 7) is 0. The molecule has 0 aliphatic rings. The first-order valence-electron chi connectivity index (χ1n) is 6.75. The van der Waals surface area contributed by atoms with Crippen LogP contribution in [0.3, 0.4) is 0 Å². The largest absolute Gasteiger partial charge is 0.269 e. The standard InChI is InChI=1S/C16H12FN3O4/c17-14-4-2-1-3-11(14)7-10-15(21)18-19-16(22)12-5-8-13(9-6-12)20(23)24/h1-10H,(H,18,21)(H,19,22)/b10-7+. The molecule has 0 aliphatic carbocycles. The summed E-state index contributed by atoms with van der Waals surface area (Å²) in [5.41, 5.74) is 4.49. The molecule has 0 aliphatic heterocycles. The van der Waals surface area contributed by atoms with Gasteiger partial charge in [0.1, 0.15) is 5.82 Å². The van der Waals surface area contributed by atoms with Crippen molar-refractivity contribution in [3.05, 3.63) is 81.7 Å². The Bertz CT molecular complexity index is 803. The van der Waals surface area contributed by atoms with E-state index in [0.717, 1.165) is 6.08 Å². The van der Waals surface area contributed by atoms with Crippen molar-refractivity contribution in [2.75, 3.05) is 0 Å². The Morgan fingerprint density at radius 1 is 1.04 bits per heavy atom. The fraction of sp³-hybridized carbons (Fsp3) is 0. The number of rotatable bonds is 4. The van der Waals surface area contributed by atoms with Crippen molar-refractivity contribution in [3.63, 3.8) is 0 Å². The molecule has 2 aromatic rings. The minimum absolute atomic E-state index is 0.138. The molecule has 0 aromatic heterocycles. The number of carbonyl (C=O) groups excluding carboxylic acids is 2. The molecule has 0 unspecified atom stereocenters. The van der Waals surface area contributed by atoms with Crippen molar-refractivity contribution in [3.8, 4) is 0 Å². The minimum atomic E-state index is -0.659. The lowest BCUT2D eigenvalue weighted by Gasteiger charge is -2.05. The second-order valence-electron chi connectivity index (χ2n) is 4.60. The van der Waals surface area contributed by atoms with Crippen LogP contribution in [0, 0.1) is 15.9 Å². The van der Waals surface area contributed by atoms with Crippen LogP contribution in [0.25, 0.3) is 6.08 Å². The summed E-state index contributed by atoms with van der Waals surface area (Å²) in [7, 11) is 0. The summed E-state index contributed by atoms with van der Waals surface area (Å²) >= 11 is 0. The number of carbonyl (C=O) groups is 2. The molecule has 2 rings (SSSR count). The van der Waals surface area contributed by atoms with Crippen molar-refractivity contribution >= 4 is 23.6 Å². The molecule has 122 valence electrons. The third kappa shape index (κ3) is 4.47. The van der Waals surface area contributed by atoms with Crippen LogP contribution < -0.4 is 10.9 Å². The van der Waals surface area contributed by atoms with Crippen LogP contribution in [-0.2, 0) is 4.79 Å². The predicted molar refractivity (Wildman–Crippen MR) is 84.1 cm³/mol. The van der Waals surface area contributed by atoms with Gasteiger partial charge in [-0.05, 0) is 24.3 Å². The molecule has 0 bridgehead atoms. The van der Waals surface area contributed by atoms with Crippen LogP contribution in [0.4, 0.5) is 10.1 Å². The first-order chi connectivity index (χ1) is 11.5. The van der Waals surface area contributed by atoms with Crippen LogP contribution in [-0.4, -0.2) is 16.7 Å². The van der Waals surface area contributed by atoms with Crippen LogP contribution in [0.15, 0.2) is 54.6 Å². The maximum atomic E-state index is 13.4. The Hall–Kier alpha value is -3.55. The smallest absolute Gasteiger partial charge is 0.268 e. The van der Waals surface area contributed by atoms with Gasteiger partial charge in [-0.3, -0.25) is 30.6 Å². The number of hydrogen-bond donors (Lipinski definition) is 2. The first-order valence-corrected chi connectivity index (χ1v) is 6.75. The third-order valence-corrected chi connectivity index (χ3v) is 2.96. The second kappa shape index (κ2) is 7.63. The highest BCUT2D eigenvalue weighted by molar-refractivity contribution is 5.98. The fourth-order valence-corrected chi connectivity index (χ4v) is 1.74. The molecule has 7 nitrogen and oxygen atoms in total. The monoisotopic (exact) mass is 329 g/mol. The number of benzene rings is 2. The van der Waals surface area contributed by atoms with Crippen molar-refractivity contribution in [2.45, 2.75) is 0 Å². The van der Waals surface area contributed by atoms with Gasteiger partial charge in [0, 0.05) is 29.3 Å². The molecular weight excluding hydrogens is 317 g/mol. The van der Waals surface area contributed by atoms with Gasteiger partial charge in [0.25, 0.3) is 17.5 Å². The van der Waals surface area contributed by atoms with Gasteiger partial charge in [-0.1, -0.05) is 18.2 Å². The zero-order chi connectivity index (χ0) is 17.5. The molecule has 0 fully saturated rings. The molecule has 24 heavy (non-hydrogen) atoms. The van der Waals surface area contributed by atoms with Gasteiger partial charge < -0.3 is 0 Å².